The van der Waals surface area contributed by atoms with Gasteiger partial charge in [0.2, 0.25) is 5.95 Å². The van der Waals surface area contributed by atoms with E-state index in [4.69, 9.17) is 4.74 Å². The van der Waals surface area contributed by atoms with E-state index in [0.29, 0.717) is 17.0 Å². The second-order valence-electron chi connectivity index (χ2n) is 11.1. The van der Waals surface area contributed by atoms with Crippen molar-refractivity contribution in [3.05, 3.63) is 41.2 Å². The van der Waals surface area contributed by atoms with Gasteiger partial charge in [0.1, 0.15) is 5.75 Å². The van der Waals surface area contributed by atoms with Gasteiger partial charge in [0.15, 0.2) is 0 Å². The molecule has 42 heavy (non-hydrogen) atoms. The molecule has 1 aliphatic carbocycles. The normalized spacial score (nSPS) is 17.7. The first-order chi connectivity index (χ1) is 20.0. The molecule has 1 amide bonds. The summed E-state index contributed by atoms with van der Waals surface area (Å²) < 4.78 is 44.0. The maximum atomic E-state index is 12.9. The van der Waals surface area contributed by atoms with E-state index in [9.17, 15) is 18.0 Å². The van der Waals surface area contributed by atoms with Crippen molar-refractivity contribution < 1.29 is 22.7 Å². The van der Waals surface area contributed by atoms with Crippen molar-refractivity contribution in [1.82, 2.24) is 25.5 Å². The summed E-state index contributed by atoms with van der Waals surface area (Å²) in [5, 5.41) is 8.62. The highest BCUT2D eigenvalue weighted by molar-refractivity contribution is 5.95. The first-order valence-corrected chi connectivity index (χ1v) is 15.0. The Hall–Kier alpha value is -2.92. The highest BCUT2D eigenvalue weighted by Gasteiger charge is 2.33. The number of likely N-dealkylation sites (N-methyl/N-ethyl adjacent to an activating group) is 1. The minimum absolute atomic E-state index is 0.00115. The number of piperidine rings is 1. The third kappa shape index (κ3) is 11.8. The zero-order valence-corrected chi connectivity index (χ0v) is 26.0. The van der Waals surface area contributed by atoms with Gasteiger partial charge in [-0.3, -0.25) is 4.79 Å². The maximum Gasteiger partial charge on any atom is 0.419 e. The molecular formula is C31H49F3N6O2. The van der Waals surface area contributed by atoms with Gasteiger partial charge in [-0.2, -0.15) is 13.2 Å². The summed E-state index contributed by atoms with van der Waals surface area (Å²) in [7, 11) is 7.21. The fourth-order valence-corrected chi connectivity index (χ4v) is 5.30. The number of carbonyl (C=O) groups is 1. The lowest BCUT2D eigenvalue weighted by molar-refractivity contribution is -0.138. The summed E-state index contributed by atoms with van der Waals surface area (Å²) >= 11 is 0. The molecule has 0 radical (unpaired) electrons. The molecule has 1 unspecified atom stereocenters. The van der Waals surface area contributed by atoms with Crippen LogP contribution >= 0.6 is 0 Å². The molecule has 236 valence electrons. The van der Waals surface area contributed by atoms with Crippen LogP contribution in [0.3, 0.4) is 0 Å². The van der Waals surface area contributed by atoms with E-state index in [1.165, 1.54) is 59.0 Å². The molecule has 2 fully saturated rings. The van der Waals surface area contributed by atoms with Crippen molar-refractivity contribution in [3.8, 4) is 5.75 Å². The van der Waals surface area contributed by atoms with Crippen molar-refractivity contribution in [2.24, 2.45) is 5.92 Å². The van der Waals surface area contributed by atoms with Gasteiger partial charge in [-0.15, -0.1) is 0 Å². The van der Waals surface area contributed by atoms with E-state index in [-0.39, 0.29) is 23.6 Å². The van der Waals surface area contributed by atoms with Crippen molar-refractivity contribution >= 4 is 17.5 Å². The van der Waals surface area contributed by atoms with Crippen LogP contribution in [0.4, 0.5) is 24.8 Å². The zero-order valence-electron chi connectivity index (χ0n) is 26.0. The summed E-state index contributed by atoms with van der Waals surface area (Å²) in [5.41, 5.74) is -0.214. The van der Waals surface area contributed by atoms with E-state index in [2.05, 4.69) is 37.7 Å². The maximum absolute atomic E-state index is 12.9. The standard InChI is InChI=1S/C20H24F3N5O2.C9H18.C2H7N/c1-12-15(20(21,22)23)10-24-19(25-12)27-16-7-6-13(9-17(16)30-3)18(29)26-14-5-4-8-28(2)11-14;1-2-6-9-7-4-3-5-8-9;1-3-2/h6-7,9-10,14H,4-5,8,11H2,1-3H3,(H,26,29)(H,24,25,27);9H,2-8H2,1H3;3H,1-2H3. The number of amides is 1. The van der Waals surface area contributed by atoms with Crippen LogP contribution in [0.2, 0.25) is 0 Å². The summed E-state index contributed by atoms with van der Waals surface area (Å²) in [4.78, 5) is 22.4. The number of ether oxygens (including phenoxy) is 1. The molecule has 8 nitrogen and oxygen atoms in total. The molecule has 2 aromatic rings. The minimum atomic E-state index is -4.51. The third-order valence-corrected chi connectivity index (χ3v) is 7.38. The molecule has 1 aromatic carbocycles. The highest BCUT2D eigenvalue weighted by Crippen LogP contribution is 2.32. The number of aryl methyl sites for hydroxylation is 1. The third-order valence-electron chi connectivity index (χ3n) is 7.38. The van der Waals surface area contributed by atoms with E-state index in [1.807, 2.05) is 21.1 Å². The topological polar surface area (TPSA) is 91.4 Å². The van der Waals surface area contributed by atoms with Crippen LogP contribution in [0.25, 0.3) is 0 Å². The van der Waals surface area contributed by atoms with E-state index >= 15 is 0 Å². The molecular weight excluding hydrogens is 545 g/mol. The summed E-state index contributed by atoms with van der Waals surface area (Å²) in [6, 6.07) is 4.88. The van der Waals surface area contributed by atoms with Crippen molar-refractivity contribution in [2.75, 3.05) is 46.7 Å². The van der Waals surface area contributed by atoms with Crippen molar-refractivity contribution in [3.63, 3.8) is 0 Å². The Bertz CT molecular complexity index is 1090. The Morgan fingerprint density at radius 1 is 1.12 bits per heavy atom. The van der Waals surface area contributed by atoms with E-state index in [1.54, 1.807) is 18.2 Å². The van der Waals surface area contributed by atoms with Crippen molar-refractivity contribution in [1.29, 1.82) is 0 Å². The number of halogens is 3. The van der Waals surface area contributed by atoms with Crippen LogP contribution in [0.1, 0.15) is 86.3 Å². The number of nitrogens with zero attached hydrogens (tertiary/aromatic N) is 3. The van der Waals surface area contributed by atoms with Crippen LogP contribution in [0, 0.1) is 12.8 Å². The van der Waals surface area contributed by atoms with Gasteiger partial charge in [0.05, 0.1) is 24.1 Å². The monoisotopic (exact) mass is 594 g/mol. The number of benzene rings is 1. The summed E-state index contributed by atoms with van der Waals surface area (Å²) in [6.45, 7) is 5.39. The number of aromatic nitrogens is 2. The quantitative estimate of drug-likeness (QED) is 0.334. The number of likely N-dealkylation sites (tertiary alicyclic amines) is 1. The number of anilines is 2. The van der Waals surface area contributed by atoms with Crippen LogP contribution in [0.15, 0.2) is 24.4 Å². The summed E-state index contributed by atoms with van der Waals surface area (Å²) in [5.74, 6) is 1.25. The van der Waals surface area contributed by atoms with Gasteiger partial charge in [-0.1, -0.05) is 51.9 Å². The van der Waals surface area contributed by atoms with Gasteiger partial charge in [0, 0.05) is 24.3 Å². The molecule has 2 aliphatic rings. The first kappa shape index (κ1) is 35.3. The summed E-state index contributed by atoms with van der Waals surface area (Å²) in [6.07, 6.45) is 8.61. The average molecular weight is 595 g/mol. The van der Waals surface area contributed by atoms with Gasteiger partial charge in [-0.05, 0) is 71.6 Å². The zero-order chi connectivity index (χ0) is 31.1. The lowest BCUT2D eigenvalue weighted by Gasteiger charge is -2.30. The number of hydrogen-bond acceptors (Lipinski definition) is 7. The lowest BCUT2D eigenvalue weighted by atomic mass is 9.86. The number of alkyl halides is 3. The van der Waals surface area contributed by atoms with Crippen molar-refractivity contribution in [2.45, 2.75) is 83.9 Å². The van der Waals surface area contributed by atoms with Gasteiger partial charge in [-0.25, -0.2) is 9.97 Å². The molecule has 4 rings (SSSR count). The van der Waals surface area contributed by atoms with Gasteiger partial charge in [0.25, 0.3) is 5.91 Å². The number of methoxy groups -OCH3 is 1. The van der Waals surface area contributed by atoms with Gasteiger partial charge < -0.3 is 25.6 Å². The Balaban J connectivity index is 0.000000429. The first-order valence-electron chi connectivity index (χ1n) is 15.0. The molecule has 1 atom stereocenters. The second-order valence-corrected chi connectivity index (χ2v) is 11.1. The lowest BCUT2D eigenvalue weighted by Crippen LogP contribution is -2.46. The van der Waals surface area contributed by atoms with Crippen LogP contribution in [0.5, 0.6) is 5.75 Å². The fraction of sp³-hybridized carbons (Fsp3) is 0.645. The predicted octanol–water partition coefficient (Wildman–Crippen LogP) is 6.58. The molecule has 3 N–H and O–H groups in total. The average Bonchev–Trinajstić information content (AvgIpc) is 2.94. The minimum Gasteiger partial charge on any atom is -0.495 e. The Morgan fingerprint density at radius 3 is 2.38 bits per heavy atom. The molecule has 0 bridgehead atoms. The molecule has 2 heterocycles. The van der Waals surface area contributed by atoms with E-state index < -0.39 is 11.7 Å². The molecule has 1 aromatic heterocycles. The smallest absolute Gasteiger partial charge is 0.419 e. The number of carbonyl (C=O) groups excluding carboxylic acids is 1. The van der Waals surface area contributed by atoms with Gasteiger partial charge >= 0.3 is 6.18 Å². The fourth-order valence-electron chi connectivity index (χ4n) is 5.30. The largest absolute Gasteiger partial charge is 0.495 e. The SMILES string of the molecule is CCCC1CCCCC1.CNC.COc1cc(C(=O)NC2CCCN(C)C2)ccc1Nc1ncc(C(F)(F)F)c(C)n1. The molecule has 0 spiro atoms. The van der Waals surface area contributed by atoms with Crippen LogP contribution in [-0.2, 0) is 6.18 Å². The van der Waals surface area contributed by atoms with E-state index in [0.717, 1.165) is 38.0 Å². The number of hydrogen-bond donors (Lipinski definition) is 3. The second kappa shape index (κ2) is 17.9. The molecule has 11 heteroatoms. The molecule has 1 saturated carbocycles. The highest BCUT2D eigenvalue weighted by atomic mass is 19.4. The molecule has 1 aliphatic heterocycles. The van der Waals surface area contributed by atoms with Crippen LogP contribution < -0.4 is 20.7 Å². The Kier molecular flexibility index (Phi) is 15.0. The Labute approximate surface area is 249 Å². The predicted molar refractivity (Wildman–Crippen MR) is 162 cm³/mol. The van der Waals surface area contributed by atoms with Crippen LogP contribution in [-0.4, -0.2) is 68.2 Å². The number of nitrogens with one attached hydrogen (secondary N) is 3. The number of rotatable bonds is 7. The Morgan fingerprint density at radius 2 is 1.81 bits per heavy atom. The molecule has 1 saturated heterocycles.